The lowest BCUT2D eigenvalue weighted by Crippen LogP contribution is -2.36. The van der Waals surface area contributed by atoms with Crippen LogP contribution < -0.4 is 17.0 Å². The molecule has 2 bridgehead atoms. The van der Waals surface area contributed by atoms with Gasteiger partial charge in [0.1, 0.15) is 63.4 Å². The van der Waals surface area contributed by atoms with E-state index in [2.05, 4.69) is 29.9 Å². The predicted octanol–water partition coefficient (Wildman–Crippen LogP) is -3.60. The average molecular weight is 668 g/mol. The normalized spacial score (nSPS) is 37.7. The number of nitrogens with zero attached hydrogens (tertiary/aromatic N) is 7. The summed E-state index contributed by atoms with van der Waals surface area (Å²) in [5.74, 6) is -0.0555. The van der Waals surface area contributed by atoms with Gasteiger partial charge in [-0.25, -0.2) is 19.9 Å². The van der Waals surface area contributed by atoms with Crippen LogP contribution in [0.1, 0.15) is 12.5 Å². The number of nitrogens with one attached hydrogen (secondary N) is 1. The number of anilines is 2. The highest BCUT2D eigenvalue weighted by molar-refractivity contribution is 7.79. The van der Waals surface area contributed by atoms with E-state index in [1.807, 2.05) is 0 Å². The van der Waals surface area contributed by atoms with Gasteiger partial charge in [0.25, 0.3) is 5.56 Å². The quantitative estimate of drug-likeness (QED) is 0.102. The Balaban J connectivity index is 1.21. The Morgan fingerprint density at radius 1 is 0.844 bits per heavy atom. The Kier molecular flexibility index (Phi) is 7.40. The fraction of sp³-hybridized carbons (Fsp3) is 0.500. The van der Waals surface area contributed by atoms with Crippen LogP contribution in [0.15, 0.2) is 23.8 Å². The van der Waals surface area contributed by atoms with Gasteiger partial charge in [-0.1, -0.05) is 0 Å². The molecule has 21 nitrogen and oxygen atoms in total. The highest BCUT2D eigenvalue weighted by Gasteiger charge is 2.51. The Labute approximate surface area is 253 Å². The third-order valence-corrected chi connectivity index (χ3v) is 8.66. The lowest BCUT2D eigenvalue weighted by Gasteiger charge is -2.30. The Morgan fingerprint density at radius 2 is 1.47 bits per heavy atom. The number of aliphatic hydroxyl groups is 2. The number of nitrogens with two attached hydrogens (primary N) is 2. The second kappa shape index (κ2) is 10.9. The molecular formula is C20H28B2N10O11P2-2. The number of rotatable bonds is 2. The van der Waals surface area contributed by atoms with Crippen LogP contribution in [0, 0.1) is 0 Å². The van der Waals surface area contributed by atoms with Crippen LogP contribution in [0.2, 0.25) is 0 Å². The second-order valence-electron chi connectivity index (χ2n) is 9.65. The van der Waals surface area contributed by atoms with E-state index in [-0.39, 0.29) is 40.7 Å². The standard InChI is InChI=1S/C20H28B2N10O11P2/c21-44(36)38-1-6-10(33)13(19(40-6)32-5-28-9-16(32)29-20(24)30-17(9)35)43-45(22,37)39-2-7-12(42-44)11(34)18(41-7)31-4-27-8-14(23)25-3-26-15(8)31/h3-7,10-13,18-19,33-34H,1-2H2,21-22H3,(H2,23,25,26)(H3,24,29,30,35)/q-2/t6-,7-,10?,11+,12?,13+,18-,19-,44?,45?/m1/s1. The van der Waals surface area contributed by atoms with Crippen molar-refractivity contribution in [1.29, 1.82) is 0 Å². The molecule has 4 unspecified atom stereocenters. The van der Waals surface area contributed by atoms with Gasteiger partial charge in [0.15, 0.2) is 35.1 Å². The van der Waals surface area contributed by atoms with E-state index in [9.17, 15) is 24.1 Å². The molecule has 3 aliphatic heterocycles. The van der Waals surface area contributed by atoms with E-state index in [1.54, 1.807) is 0 Å². The molecule has 25 heteroatoms. The first-order valence-corrected chi connectivity index (χ1v) is 14.7. The van der Waals surface area contributed by atoms with Crippen LogP contribution in [-0.4, -0.2) is 114 Å². The number of aliphatic hydroxyl groups excluding tert-OH is 2. The Hall–Kier alpha value is -3.23. The number of hydrogen-bond acceptors (Lipinski definition) is 18. The van der Waals surface area contributed by atoms with Gasteiger partial charge < -0.3 is 58.4 Å². The van der Waals surface area contributed by atoms with Crippen molar-refractivity contribution in [3.05, 3.63) is 29.3 Å². The molecule has 4 aromatic heterocycles. The molecule has 0 spiro atoms. The summed E-state index contributed by atoms with van der Waals surface area (Å²) in [6, 6.07) is 0. The van der Waals surface area contributed by atoms with Gasteiger partial charge in [-0.3, -0.25) is 18.9 Å². The zero-order chi connectivity index (χ0) is 31.8. The predicted molar refractivity (Wildman–Crippen MR) is 159 cm³/mol. The first kappa shape index (κ1) is 30.4. The average Bonchev–Trinajstić information content (AvgIpc) is 3.72. The minimum atomic E-state index is -3.79. The van der Waals surface area contributed by atoms with Crippen molar-refractivity contribution in [1.82, 2.24) is 39.0 Å². The molecule has 0 aromatic carbocycles. The number of aromatic amines is 1. The van der Waals surface area contributed by atoms with Gasteiger partial charge in [-0.15, -0.1) is 0 Å². The van der Waals surface area contributed by atoms with Crippen molar-refractivity contribution in [2.24, 2.45) is 0 Å². The number of nitrogen functional groups attached to an aromatic ring is 2. The van der Waals surface area contributed by atoms with Gasteiger partial charge in [-0.05, 0) is 0 Å². The van der Waals surface area contributed by atoms with Crippen molar-refractivity contribution in [3.63, 3.8) is 0 Å². The van der Waals surface area contributed by atoms with Crippen LogP contribution in [0.25, 0.3) is 22.3 Å². The maximum Gasteiger partial charge on any atom is 0.280 e. The van der Waals surface area contributed by atoms with Crippen LogP contribution in [0.3, 0.4) is 0 Å². The van der Waals surface area contributed by atoms with Crippen LogP contribution >= 0.6 is 14.9 Å². The summed E-state index contributed by atoms with van der Waals surface area (Å²) < 4.78 is 65.8. The maximum atomic E-state index is 13.8. The van der Waals surface area contributed by atoms with E-state index in [0.717, 1.165) is 0 Å². The molecule has 0 amide bonds. The molecule has 0 aliphatic carbocycles. The third-order valence-electron chi connectivity index (χ3n) is 7.11. The van der Waals surface area contributed by atoms with E-state index < -0.39 is 91.3 Å². The maximum absolute atomic E-state index is 13.8. The van der Waals surface area contributed by atoms with Crippen molar-refractivity contribution in [2.45, 2.75) is 49.1 Å². The molecule has 7 N–H and O–H groups in total. The molecule has 0 radical (unpaired) electrons. The van der Waals surface area contributed by atoms with Gasteiger partial charge >= 0.3 is 0 Å². The smallest absolute Gasteiger partial charge is 0.280 e. The minimum Gasteiger partial charge on any atom is -0.387 e. The molecule has 10 atom stereocenters. The summed E-state index contributed by atoms with van der Waals surface area (Å²) in [5, 5.41) is 22.6. The van der Waals surface area contributed by atoms with Crippen molar-refractivity contribution in [2.75, 3.05) is 24.7 Å². The number of hydrogen-bond donors (Lipinski definition) is 5. The second-order valence-corrected chi connectivity index (χ2v) is 11.5. The zero-order valence-corrected chi connectivity index (χ0v) is 23.3. The molecule has 3 fully saturated rings. The topological polar surface area (TPSA) is 289 Å². The zero-order valence-electron chi connectivity index (χ0n) is 21.5. The van der Waals surface area contributed by atoms with Gasteiger partial charge in [0.05, 0.1) is 41.0 Å². The molecule has 3 aliphatic rings. The SMILES string of the molecule is [BH3-]P1(=O)OC[C@H]2O[C@@H](n3cnc4c(=O)[nH]c(N)nc43)[C@@H](OP([BH3-])(=O)OC[C@H]3O[C@@H](n4cnc5c(N)ncnc54)[C@@H](O)C3O1)C2O. The van der Waals surface area contributed by atoms with E-state index in [4.69, 9.17) is 39.0 Å². The van der Waals surface area contributed by atoms with E-state index in [0.29, 0.717) is 0 Å². The number of aromatic nitrogens is 8. The van der Waals surface area contributed by atoms with Crippen molar-refractivity contribution < 1.29 is 46.9 Å². The molecule has 3 saturated heterocycles. The van der Waals surface area contributed by atoms with Crippen LogP contribution in [0.4, 0.5) is 11.8 Å². The molecule has 7 rings (SSSR count). The monoisotopic (exact) mass is 668 g/mol. The first-order chi connectivity index (χ1) is 21.3. The number of H-pyrrole nitrogens is 1. The fourth-order valence-electron chi connectivity index (χ4n) is 5.12. The summed E-state index contributed by atoms with van der Waals surface area (Å²) in [6.45, 7) is -0.787. The third kappa shape index (κ3) is 5.38. The fourth-order valence-corrected chi connectivity index (χ4v) is 6.67. The summed E-state index contributed by atoms with van der Waals surface area (Å²) in [6.07, 6.45) is -6.03. The molecule has 45 heavy (non-hydrogen) atoms. The molecule has 0 saturated carbocycles. The Bertz CT molecular complexity index is 1940. The summed E-state index contributed by atoms with van der Waals surface area (Å²) in [7, 11) is -9.92. The number of fused-ring (bicyclic) bond motifs is 5. The molecule has 7 heterocycles. The lowest BCUT2D eigenvalue weighted by molar-refractivity contribution is -0.0578. The minimum absolute atomic E-state index is 0.0349. The van der Waals surface area contributed by atoms with Crippen LogP contribution in [0.5, 0.6) is 0 Å². The summed E-state index contributed by atoms with van der Waals surface area (Å²) >= 11 is 0. The van der Waals surface area contributed by atoms with Gasteiger partial charge in [-0.2, -0.15) is 4.98 Å². The summed E-state index contributed by atoms with van der Waals surface area (Å²) in [5.41, 5.74) is 11.6. The van der Waals surface area contributed by atoms with Crippen molar-refractivity contribution in [3.8, 4) is 0 Å². The highest BCUT2D eigenvalue weighted by atomic mass is 31.2. The van der Waals surface area contributed by atoms with Gasteiger partial charge in [0.2, 0.25) is 5.95 Å². The number of imidazole rings is 2. The first-order valence-electron chi connectivity index (χ1n) is 12.6. The van der Waals surface area contributed by atoms with Gasteiger partial charge in [0, 0.05) is 0 Å². The van der Waals surface area contributed by atoms with E-state index in [1.165, 1.54) is 28.1 Å². The molecule has 242 valence electrons. The Morgan fingerprint density at radius 3 is 2.20 bits per heavy atom. The highest BCUT2D eigenvalue weighted by Crippen LogP contribution is 2.53. The largest absolute Gasteiger partial charge is 0.387 e. The van der Waals surface area contributed by atoms with Crippen LogP contribution in [-0.2, 0) is 36.7 Å². The summed E-state index contributed by atoms with van der Waals surface area (Å²) in [4.78, 5) is 35.2. The lowest BCUT2D eigenvalue weighted by atomic mass is 10.1. The van der Waals surface area contributed by atoms with E-state index >= 15 is 0 Å². The molecule has 4 aromatic rings. The molecular weight excluding hydrogens is 640 g/mol. The van der Waals surface area contributed by atoms with Crippen molar-refractivity contribution >= 4 is 64.2 Å². The number of ether oxygens (including phenoxy) is 2.